The molecule has 0 bridgehead atoms. The summed E-state index contributed by atoms with van der Waals surface area (Å²) in [5, 5.41) is 20.8. The van der Waals surface area contributed by atoms with Gasteiger partial charge in [0, 0.05) is 22.6 Å². The van der Waals surface area contributed by atoms with E-state index in [-0.39, 0.29) is 28.6 Å². The van der Waals surface area contributed by atoms with E-state index in [1.807, 2.05) is 20.8 Å². The smallest absolute Gasteiger partial charge is 0.238 e. The standard InChI is InChI=1S/C21H20O6/c1-10-21(2,3)16-14(26-10)9-13(22)15-17(23)18(24)19(27-20(15)16)11-5-7-12(25-4)8-6-11/h5-10,22,24H,1-4H3/t10-/m0/s1. The Bertz CT molecular complexity index is 1110. The zero-order valence-corrected chi connectivity index (χ0v) is 15.5. The van der Waals surface area contributed by atoms with Crippen molar-refractivity contribution in [2.75, 3.05) is 7.11 Å². The lowest BCUT2D eigenvalue weighted by Gasteiger charge is -2.22. The van der Waals surface area contributed by atoms with Gasteiger partial charge in [0.1, 0.15) is 34.3 Å². The third-order valence-electron chi connectivity index (χ3n) is 5.40. The predicted octanol–water partition coefficient (Wildman–Crippen LogP) is 3.94. The number of rotatable bonds is 2. The molecule has 6 heteroatoms. The zero-order valence-electron chi connectivity index (χ0n) is 15.5. The highest BCUT2D eigenvalue weighted by Gasteiger charge is 2.42. The number of methoxy groups -OCH3 is 1. The molecular weight excluding hydrogens is 348 g/mol. The van der Waals surface area contributed by atoms with Crippen molar-refractivity contribution in [2.24, 2.45) is 0 Å². The van der Waals surface area contributed by atoms with Crippen LogP contribution >= 0.6 is 0 Å². The molecule has 0 aliphatic carbocycles. The van der Waals surface area contributed by atoms with Crippen molar-refractivity contribution in [3.8, 4) is 34.3 Å². The van der Waals surface area contributed by atoms with E-state index in [0.29, 0.717) is 22.6 Å². The summed E-state index contributed by atoms with van der Waals surface area (Å²) in [6, 6.07) is 8.21. The highest BCUT2D eigenvalue weighted by molar-refractivity contribution is 5.92. The minimum absolute atomic E-state index is 0.0401. The van der Waals surface area contributed by atoms with Crippen molar-refractivity contribution in [1.29, 1.82) is 0 Å². The maximum Gasteiger partial charge on any atom is 0.238 e. The maximum atomic E-state index is 12.8. The number of benzene rings is 2. The van der Waals surface area contributed by atoms with Crippen molar-refractivity contribution in [1.82, 2.24) is 0 Å². The first kappa shape index (κ1) is 17.3. The molecule has 0 spiro atoms. The molecule has 1 atom stereocenters. The highest BCUT2D eigenvalue weighted by atomic mass is 16.5. The molecule has 140 valence electrons. The number of hydrogen-bond acceptors (Lipinski definition) is 6. The van der Waals surface area contributed by atoms with Gasteiger partial charge in [0.05, 0.1) is 7.11 Å². The van der Waals surface area contributed by atoms with Gasteiger partial charge in [-0.05, 0) is 31.2 Å². The Morgan fingerprint density at radius 1 is 1.15 bits per heavy atom. The molecule has 1 aliphatic heterocycles. The van der Waals surface area contributed by atoms with E-state index in [9.17, 15) is 15.0 Å². The van der Waals surface area contributed by atoms with Crippen LogP contribution in [-0.2, 0) is 5.41 Å². The molecule has 0 saturated carbocycles. The Morgan fingerprint density at radius 2 is 1.81 bits per heavy atom. The van der Waals surface area contributed by atoms with Crippen molar-refractivity contribution in [2.45, 2.75) is 32.3 Å². The quantitative estimate of drug-likeness (QED) is 0.712. The summed E-state index contributed by atoms with van der Waals surface area (Å²) in [7, 11) is 1.55. The summed E-state index contributed by atoms with van der Waals surface area (Å²) in [5.74, 6) is 0.334. The molecule has 0 radical (unpaired) electrons. The SMILES string of the molecule is COc1ccc(-c2oc3c4c(cc(O)c3c(=O)c2O)O[C@@H](C)C4(C)C)cc1. The molecule has 27 heavy (non-hydrogen) atoms. The van der Waals surface area contributed by atoms with Crippen molar-refractivity contribution in [3.63, 3.8) is 0 Å². The molecule has 4 rings (SSSR count). The first-order chi connectivity index (χ1) is 12.8. The average molecular weight is 368 g/mol. The van der Waals surface area contributed by atoms with Crippen LogP contribution in [-0.4, -0.2) is 23.4 Å². The van der Waals surface area contributed by atoms with E-state index in [1.54, 1.807) is 31.4 Å². The zero-order chi connectivity index (χ0) is 19.5. The van der Waals surface area contributed by atoms with E-state index in [2.05, 4.69) is 0 Å². The van der Waals surface area contributed by atoms with Gasteiger partial charge in [0.25, 0.3) is 0 Å². The van der Waals surface area contributed by atoms with Gasteiger partial charge < -0.3 is 24.1 Å². The van der Waals surface area contributed by atoms with Crippen LogP contribution in [0.15, 0.2) is 39.5 Å². The van der Waals surface area contributed by atoms with E-state index >= 15 is 0 Å². The fourth-order valence-electron chi connectivity index (χ4n) is 3.50. The number of hydrogen-bond donors (Lipinski definition) is 2. The Hall–Kier alpha value is -3.15. The van der Waals surface area contributed by atoms with Crippen molar-refractivity contribution < 1.29 is 24.1 Å². The molecule has 2 N–H and O–H groups in total. The Kier molecular flexibility index (Phi) is 3.63. The van der Waals surface area contributed by atoms with Crippen LogP contribution in [0.1, 0.15) is 26.3 Å². The van der Waals surface area contributed by atoms with Crippen LogP contribution in [0.25, 0.3) is 22.3 Å². The molecule has 1 aromatic heterocycles. The average Bonchev–Trinajstić information content (AvgIpc) is 2.86. The highest BCUT2D eigenvalue weighted by Crippen LogP contribution is 2.49. The lowest BCUT2D eigenvalue weighted by atomic mass is 9.81. The van der Waals surface area contributed by atoms with Crippen LogP contribution in [0.4, 0.5) is 0 Å². The number of aromatic hydroxyl groups is 2. The van der Waals surface area contributed by atoms with Crippen LogP contribution < -0.4 is 14.9 Å². The van der Waals surface area contributed by atoms with E-state index in [1.165, 1.54) is 6.07 Å². The molecule has 6 nitrogen and oxygen atoms in total. The van der Waals surface area contributed by atoms with Gasteiger partial charge in [-0.3, -0.25) is 4.79 Å². The minimum Gasteiger partial charge on any atom is -0.507 e. The number of ether oxygens (including phenoxy) is 2. The van der Waals surface area contributed by atoms with Crippen LogP contribution in [0.5, 0.6) is 23.0 Å². The first-order valence-corrected chi connectivity index (χ1v) is 8.63. The van der Waals surface area contributed by atoms with Gasteiger partial charge >= 0.3 is 0 Å². The molecule has 0 unspecified atom stereocenters. The fraction of sp³-hybridized carbons (Fsp3) is 0.286. The molecule has 0 amide bonds. The molecule has 2 aromatic carbocycles. The van der Waals surface area contributed by atoms with Gasteiger partial charge in [-0.25, -0.2) is 0 Å². The van der Waals surface area contributed by atoms with Gasteiger partial charge in [-0.1, -0.05) is 13.8 Å². The van der Waals surface area contributed by atoms with Crippen molar-refractivity contribution in [3.05, 3.63) is 46.1 Å². The maximum absolute atomic E-state index is 12.8. The lowest BCUT2D eigenvalue weighted by Crippen LogP contribution is -2.29. The normalized spacial score (nSPS) is 17.6. The predicted molar refractivity (Wildman–Crippen MR) is 101 cm³/mol. The van der Waals surface area contributed by atoms with Gasteiger partial charge in [0.15, 0.2) is 5.76 Å². The molecule has 0 fully saturated rings. The lowest BCUT2D eigenvalue weighted by molar-refractivity contribution is 0.185. The van der Waals surface area contributed by atoms with Gasteiger partial charge in [-0.15, -0.1) is 0 Å². The third-order valence-corrected chi connectivity index (χ3v) is 5.40. The summed E-state index contributed by atoms with van der Waals surface area (Å²) >= 11 is 0. The second kappa shape index (κ2) is 5.67. The molecular formula is C21H20O6. The fourth-order valence-corrected chi connectivity index (χ4v) is 3.50. The largest absolute Gasteiger partial charge is 0.507 e. The summed E-state index contributed by atoms with van der Waals surface area (Å²) in [5.41, 5.74) is 0.334. The minimum atomic E-state index is -0.683. The summed E-state index contributed by atoms with van der Waals surface area (Å²) in [6.45, 7) is 5.89. The first-order valence-electron chi connectivity index (χ1n) is 8.63. The molecule has 2 heterocycles. The third kappa shape index (κ3) is 2.36. The van der Waals surface area contributed by atoms with E-state index in [0.717, 1.165) is 0 Å². The van der Waals surface area contributed by atoms with Crippen LogP contribution in [0.2, 0.25) is 0 Å². The van der Waals surface area contributed by atoms with E-state index < -0.39 is 16.6 Å². The Labute approximate surface area is 155 Å². The topological polar surface area (TPSA) is 89.1 Å². The van der Waals surface area contributed by atoms with E-state index in [4.69, 9.17) is 13.9 Å². The Morgan fingerprint density at radius 3 is 2.44 bits per heavy atom. The van der Waals surface area contributed by atoms with Crippen LogP contribution in [0.3, 0.4) is 0 Å². The second-order valence-corrected chi connectivity index (χ2v) is 7.29. The molecule has 3 aromatic rings. The monoisotopic (exact) mass is 368 g/mol. The second-order valence-electron chi connectivity index (χ2n) is 7.29. The van der Waals surface area contributed by atoms with Crippen molar-refractivity contribution >= 4 is 11.0 Å². The van der Waals surface area contributed by atoms with Gasteiger partial charge in [-0.2, -0.15) is 0 Å². The molecule has 0 saturated heterocycles. The Balaban J connectivity index is 2.08. The van der Waals surface area contributed by atoms with Gasteiger partial charge in [0.2, 0.25) is 11.2 Å². The number of phenolic OH excluding ortho intramolecular Hbond substituents is 1. The summed E-state index contributed by atoms with van der Waals surface area (Å²) < 4.78 is 17.0. The summed E-state index contributed by atoms with van der Waals surface area (Å²) in [6.07, 6.45) is -0.166. The summed E-state index contributed by atoms with van der Waals surface area (Å²) in [4.78, 5) is 12.8. The van der Waals surface area contributed by atoms with Crippen LogP contribution in [0, 0.1) is 0 Å². The number of fused-ring (bicyclic) bond motifs is 3. The molecule has 1 aliphatic rings. The number of phenols is 1.